The molecule has 2 rings (SSSR count). The van der Waals surface area contributed by atoms with Gasteiger partial charge in [-0.05, 0) is 96.3 Å². The molecule has 89 heavy (non-hydrogen) atoms. The van der Waals surface area contributed by atoms with Crippen molar-refractivity contribution in [1.82, 2.24) is 5.32 Å². The molecule has 2 fully saturated rings. The summed E-state index contributed by atoms with van der Waals surface area (Å²) in [7, 11) is 0. The lowest BCUT2D eigenvalue weighted by Crippen LogP contribution is -2.65. The largest absolute Gasteiger partial charge is 0.394 e. The Morgan fingerprint density at radius 3 is 1.24 bits per heavy atom. The fourth-order valence-electron chi connectivity index (χ4n) is 10.8. The maximum Gasteiger partial charge on any atom is 0.220 e. The maximum absolute atomic E-state index is 13.3. The number of aliphatic hydroxyl groups is 8. The molecule has 2 heterocycles. The van der Waals surface area contributed by atoms with Crippen LogP contribution in [0.1, 0.15) is 251 Å². The van der Waals surface area contributed by atoms with Gasteiger partial charge in [-0.1, -0.05) is 270 Å². The number of allylic oxidation sites excluding steroid dienone is 19. The van der Waals surface area contributed by atoms with E-state index in [4.69, 9.17) is 18.9 Å². The van der Waals surface area contributed by atoms with Gasteiger partial charge in [0, 0.05) is 6.42 Å². The SMILES string of the molecule is CC/C=C\C/C=C\C/C=C\C/C=C\C/C=C\C/C=C\C/C=C\C/C=C\CCCCCCCCCCCCC(=O)NC(COC1OC(CO)C(OC2OC(CO)C(O)C(O)C2O)C(O)C1O)C(O)/C=C/CC/C=C/CCCCCCCCCCCCCCCC. The molecule has 2 saturated heterocycles. The Labute approximate surface area is 539 Å². The number of hydrogen-bond acceptors (Lipinski definition) is 13. The number of amides is 1. The standard InChI is InChI=1S/C75H127NO13/c1-3-5-7-9-11-13-15-17-19-21-23-25-26-27-28-29-30-31-32-33-34-35-36-37-38-39-41-43-45-47-49-51-53-55-57-59-67(80)76-63(64(79)58-56-54-52-50-48-46-44-42-40-24-22-20-18-16-14-12-10-8-6-4-2)62-86-74-72(85)70(83)73(66(61-78)88-74)89-75-71(84)69(82)68(81)65(60-77)87-75/h5,7,11,13,17,19,23,25,27-28,30-31,33-34,36-37,48,50,56,58,63-66,68-75,77-79,81-85H,3-4,6,8-10,12,14-16,18,20-22,24,26,29,32,35,38-47,49,51-55,57,59-62H2,1-2H3,(H,76,80)/b7-5-,13-11-,19-17-,25-23-,28-27-,31-30-,34-33-,37-36-,50-48+,58-56+. The van der Waals surface area contributed by atoms with Crippen LogP contribution in [-0.4, -0.2) is 140 Å². The van der Waals surface area contributed by atoms with E-state index >= 15 is 0 Å². The van der Waals surface area contributed by atoms with Gasteiger partial charge in [-0.3, -0.25) is 4.79 Å². The highest BCUT2D eigenvalue weighted by Gasteiger charge is 2.51. The average Bonchev–Trinajstić information content (AvgIpc) is 3.62. The summed E-state index contributed by atoms with van der Waals surface area (Å²) >= 11 is 0. The van der Waals surface area contributed by atoms with E-state index in [0.29, 0.717) is 12.8 Å². The molecule has 2 aliphatic rings. The van der Waals surface area contributed by atoms with Gasteiger partial charge in [0.15, 0.2) is 12.6 Å². The van der Waals surface area contributed by atoms with Gasteiger partial charge in [-0.15, -0.1) is 0 Å². The normalized spacial score (nSPS) is 23.8. The summed E-state index contributed by atoms with van der Waals surface area (Å²) in [6.45, 7) is 2.67. The number of hydrogen-bond donors (Lipinski definition) is 9. The first-order valence-corrected chi connectivity index (χ1v) is 35.3. The van der Waals surface area contributed by atoms with E-state index in [1.165, 1.54) is 128 Å². The third-order valence-corrected chi connectivity index (χ3v) is 16.4. The minimum Gasteiger partial charge on any atom is -0.394 e. The van der Waals surface area contributed by atoms with Gasteiger partial charge < -0.3 is 65.1 Å². The van der Waals surface area contributed by atoms with Crippen LogP contribution in [0.5, 0.6) is 0 Å². The Morgan fingerprint density at radius 2 is 0.787 bits per heavy atom. The van der Waals surface area contributed by atoms with Crippen LogP contribution in [0.4, 0.5) is 0 Å². The fraction of sp³-hybridized carbons (Fsp3) is 0.720. The second kappa shape index (κ2) is 58.2. The topological polar surface area (TPSA) is 228 Å². The molecule has 2 aliphatic heterocycles. The van der Waals surface area contributed by atoms with Crippen LogP contribution in [0.15, 0.2) is 122 Å². The summed E-state index contributed by atoms with van der Waals surface area (Å²) in [5.74, 6) is -0.257. The first kappa shape index (κ1) is 81.5. The van der Waals surface area contributed by atoms with Crippen LogP contribution in [0.3, 0.4) is 0 Å². The van der Waals surface area contributed by atoms with E-state index in [0.717, 1.165) is 89.9 Å². The quantitative estimate of drug-likeness (QED) is 0.0204. The Bertz CT molecular complexity index is 1960. The molecular formula is C75H127NO13. The van der Waals surface area contributed by atoms with Gasteiger partial charge >= 0.3 is 0 Å². The number of aliphatic hydroxyl groups excluding tert-OH is 8. The highest BCUT2D eigenvalue weighted by molar-refractivity contribution is 5.76. The van der Waals surface area contributed by atoms with Crippen molar-refractivity contribution in [3.05, 3.63) is 122 Å². The Balaban J connectivity index is 1.68. The Morgan fingerprint density at radius 1 is 0.416 bits per heavy atom. The van der Waals surface area contributed by atoms with Crippen molar-refractivity contribution in [2.75, 3.05) is 19.8 Å². The van der Waals surface area contributed by atoms with Gasteiger partial charge in [0.25, 0.3) is 0 Å². The van der Waals surface area contributed by atoms with Crippen LogP contribution >= 0.6 is 0 Å². The third-order valence-electron chi connectivity index (χ3n) is 16.4. The minimum atomic E-state index is -1.80. The molecule has 510 valence electrons. The Kier molecular flexibility index (Phi) is 53.3. The summed E-state index contributed by atoms with van der Waals surface area (Å²) in [6.07, 6.45) is 68.2. The van der Waals surface area contributed by atoms with E-state index in [1.807, 2.05) is 6.08 Å². The van der Waals surface area contributed by atoms with E-state index in [1.54, 1.807) is 6.08 Å². The number of carbonyl (C=O) groups is 1. The molecule has 0 saturated carbocycles. The second-order valence-electron chi connectivity index (χ2n) is 24.3. The minimum absolute atomic E-state index is 0.257. The molecule has 0 aromatic carbocycles. The van der Waals surface area contributed by atoms with Crippen molar-refractivity contribution in [1.29, 1.82) is 0 Å². The van der Waals surface area contributed by atoms with Crippen LogP contribution in [0.2, 0.25) is 0 Å². The molecule has 0 aromatic heterocycles. The highest BCUT2D eigenvalue weighted by atomic mass is 16.7. The zero-order valence-corrected chi connectivity index (χ0v) is 55.4. The summed E-state index contributed by atoms with van der Waals surface area (Å²) < 4.78 is 22.8. The van der Waals surface area contributed by atoms with Crippen molar-refractivity contribution < 1.29 is 64.6 Å². The molecule has 12 unspecified atom stereocenters. The van der Waals surface area contributed by atoms with E-state index in [2.05, 4.69) is 129 Å². The number of ether oxygens (including phenoxy) is 4. The Hall–Kier alpha value is -3.61. The predicted octanol–water partition coefficient (Wildman–Crippen LogP) is 14.5. The van der Waals surface area contributed by atoms with E-state index in [9.17, 15) is 45.6 Å². The molecule has 0 aromatic rings. The van der Waals surface area contributed by atoms with Crippen LogP contribution in [-0.2, 0) is 23.7 Å². The van der Waals surface area contributed by atoms with Gasteiger partial charge in [-0.25, -0.2) is 0 Å². The van der Waals surface area contributed by atoms with E-state index < -0.39 is 86.8 Å². The monoisotopic (exact) mass is 1250 g/mol. The van der Waals surface area contributed by atoms with Gasteiger partial charge in [-0.2, -0.15) is 0 Å². The lowest BCUT2D eigenvalue weighted by Gasteiger charge is -2.46. The first-order chi connectivity index (χ1) is 43.6. The molecule has 9 N–H and O–H groups in total. The fourth-order valence-corrected chi connectivity index (χ4v) is 10.8. The van der Waals surface area contributed by atoms with Crippen molar-refractivity contribution in [2.45, 2.75) is 325 Å². The summed E-state index contributed by atoms with van der Waals surface area (Å²) in [6, 6.07) is -0.943. The summed E-state index contributed by atoms with van der Waals surface area (Å²) in [4.78, 5) is 13.3. The van der Waals surface area contributed by atoms with Crippen molar-refractivity contribution in [2.24, 2.45) is 0 Å². The highest BCUT2D eigenvalue weighted by Crippen LogP contribution is 2.30. The van der Waals surface area contributed by atoms with Crippen LogP contribution < -0.4 is 5.32 Å². The van der Waals surface area contributed by atoms with Crippen LogP contribution in [0, 0.1) is 0 Å². The molecule has 1 amide bonds. The molecule has 0 aliphatic carbocycles. The molecule has 0 bridgehead atoms. The van der Waals surface area contributed by atoms with Gasteiger partial charge in [0.2, 0.25) is 5.91 Å². The van der Waals surface area contributed by atoms with Gasteiger partial charge in [0.05, 0.1) is 32.0 Å². The lowest BCUT2D eigenvalue weighted by atomic mass is 9.97. The average molecular weight is 1250 g/mol. The van der Waals surface area contributed by atoms with Crippen molar-refractivity contribution >= 4 is 5.91 Å². The molecule has 14 nitrogen and oxygen atoms in total. The number of rotatable bonds is 56. The summed E-state index contributed by atoms with van der Waals surface area (Å²) in [5, 5.41) is 87.4. The van der Waals surface area contributed by atoms with Crippen molar-refractivity contribution in [3.63, 3.8) is 0 Å². The third kappa shape index (κ3) is 42.3. The smallest absolute Gasteiger partial charge is 0.220 e. The van der Waals surface area contributed by atoms with E-state index in [-0.39, 0.29) is 18.9 Å². The molecular weight excluding hydrogens is 1120 g/mol. The maximum atomic E-state index is 13.3. The summed E-state index contributed by atoms with van der Waals surface area (Å²) in [5.41, 5.74) is 0. The van der Waals surface area contributed by atoms with Gasteiger partial charge in [0.1, 0.15) is 48.8 Å². The zero-order valence-electron chi connectivity index (χ0n) is 55.4. The number of carbonyl (C=O) groups excluding carboxylic acids is 1. The van der Waals surface area contributed by atoms with Crippen LogP contribution in [0.25, 0.3) is 0 Å². The lowest BCUT2D eigenvalue weighted by molar-refractivity contribution is -0.359. The molecule has 14 heteroatoms. The molecule has 12 atom stereocenters. The predicted molar refractivity (Wildman–Crippen MR) is 364 cm³/mol. The van der Waals surface area contributed by atoms with Crippen molar-refractivity contribution in [3.8, 4) is 0 Å². The number of nitrogens with one attached hydrogen (secondary N) is 1. The second-order valence-corrected chi connectivity index (χ2v) is 24.3. The number of unbranched alkanes of at least 4 members (excludes halogenated alkanes) is 25. The molecule has 0 radical (unpaired) electrons. The first-order valence-electron chi connectivity index (χ1n) is 35.3. The zero-order chi connectivity index (χ0) is 64.5. The molecule has 0 spiro atoms.